The number of carbonyl (C=O) groups is 2. The lowest BCUT2D eigenvalue weighted by Gasteiger charge is -2.32. The predicted octanol–water partition coefficient (Wildman–Crippen LogP) is 5.24. The molecule has 1 saturated heterocycles. The number of piperidine rings is 1. The highest BCUT2D eigenvalue weighted by Gasteiger charge is 2.21. The van der Waals surface area contributed by atoms with Gasteiger partial charge in [-0.15, -0.1) is 11.3 Å². The van der Waals surface area contributed by atoms with E-state index in [-0.39, 0.29) is 11.7 Å². The molecule has 156 valence electrons. The number of ketones is 1. The highest BCUT2D eigenvalue weighted by atomic mass is 35.5. The number of halogens is 1. The molecule has 0 spiro atoms. The fourth-order valence-corrected chi connectivity index (χ4v) is 4.80. The number of anilines is 1. The molecule has 5 nitrogen and oxygen atoms in total. The molecule has 1 amide bonds. The van der Waals surface area contributed by atoms with Crippen molar-refractivity contribution in [1.29, 1.82) is 0 Å². The van der Waals surface area contributed by atoms with Gasteiger partial charge in [-0.1, -0.05) is 11.6 Å². The van der Waals surface area contributed by atoms with Crippen LogP contribution in [0.2, 0.25) is 5.02 Å². The summed E-state index contributed by atoms with van der Waals surface area (Å²) in [4.78, 5) is 27.1. The number of likely N-dealkylation sites (tertiary alicyclic amines) is 1. The molecule has 0 saturated carbocycles. The maximum atomic E-state index is 12.3. The van der Waals surface area contributed by atoms with E-state index in [0.29, 0.717) is 28.8 Å². The van der Waals surface area contributed by atoms with Gasteiger partial charge >= 0.3 is 0 Å². The molecule has 1 aromatic heterocycles. The zero-order valence-corrected chi connectivity index (χ0v) is 18.4. The van der Waals surface area contributed by atoms with E-state index in [1.165, 1.54) is 16.9 Å². The van der Waals surface area contributed by atoms with E-state index < -0.39 is 0 Å². The molecule has 7 heteroatoms. The number of nitrogens with zero attached hydrogens (tertiary/aromatic N) is 1. The van der Waals surface area contributed by atoms with E-state index >= 15 is 0 Å². The largest absolute Gasteiger partial charge is 0.495 e. The molecule has 1 aliphatic heterocycles. The van der Waals surface area contributed by atoms with Crippen LogP contribution in [0.3, 0.4) is 0 Å². The number of amides is 1. The monoisotopic (exact) mass is 434 g/mol. The van der Waals surface area contributed by atoms with Crippen LogP contribution in [0.5, 0.6) is 5.75 Å². The molecule has 0 radical (unpaired) electrons. The minimum absolute atomic E-state index is 0.00675. The van der Waals surface area contributed by atoms with Crippen molar-refractivity contribution >= 4 is 40.3 Å². The highest BCUT2D eigenvalue weighted by Crippen LogP contribution is 2.28. The molecule has 1 aromatic carbocycles. The molecule has 1 atom stereocenters. The van der Waals surface area contributed by atoms with E-state index in [1.54, 1.807) is 32.2 Å². The number of methoxy groups -OCH3 is 1. The third-order valence-corrected chi connectivity index (χ3v) is 6.60. The van der Waals surface area contributed by atoms with E-state index in [1.807, 2.05) is 6.07 Å². The second-order valence-electron chi connectivity index (χ2n) is 7.55. The third-order valence-electron chi connectivity index (χ3n) is 5.23. The molecule has 3 rings (SSSR count). The Bertz CT molecular complexity index is 867. The summed E-state index contributed by atoms with van der Waals surface area (Å²) >= 11 is 7.63. The van der Waals surface area contributed by atoms with E-state index in [2.05, 4.69) is 15.6 Å². The summed E-state index contributed by atoms with van der Waals surface area (Å²) in [6.45, 7) is 4.54. The van der Waals surface area contributed by atoms with Gasteiger partial charge in [-0.25, -0.2) is 0 Å². The predicted molar refractivity (Wildman–Crippen MR) is 118 cm³/mol. The fraction of sp³-hybridized carbons (Fsp3) is 0.455. The Morgan fingerprint density at radius 3 is 2.86 bits per heavy atom. The lowest BCUT2D eigenvalue weighted by atomic mass is 9.93. The van der Waals surface area contributed by atoms with Crippen LogP contribution in [0, 0.1) is 5.92 Å². The van der Waals surface area contributed by atoms with Gasteiger partial charge in [0.1, 0.15) is 5.75 Å². The van der Waals surface area contributed by atoms with Crippen molar-refractivity contribution < 1.29 is 14.3 Å². The Morgan fingerprint density at radius 1 is 1.34 bits per heavy atom. The Kier molecular flexibility index (Phi) is 7.70. The molecule has 2 aromatic rings. The summed E-state index contributed by atoms with van der Waals surface area (Å²) in [7, 11) is 1.56. The lowest BCUT2D eigenvalue weighted by molar-refractivity contribution is -0.116. The van der Waals surface area contributed by atoms with Crippen molar-refractivity contribution in [2.75, 3.05) is 25.5 Å². The van der Waals surface area contributed by atoms with Crippen LogP contribution in [0.15, 0.2) is 29.6 Å². The average Bonchev–Trinajstić information content (AvgIpc) is 3.16. The van der Waals surface area contributed by atoms with Gasteiger partial charge in [0, 0.05) is 25.2 Å². The first-order valence-corrected chi connectivity index (χ1v) is 11.1. The van der Waals surface area contributed by atoms with E-state index in [0.717, 1.165) is 43.8 Å². The number of rotatable bonds is 8. The molecule has 0 bridgehead atoms. The molecule has 0 aliphatic carbocycles. The van der Waals surface area contributed by atoms with Crippen LogP contribution in [0.25, 0.3) is 0 Å². The first kappa shape index (κ1) is 21.8. The first-order valence-electron chi connectivity index (χ1n) is 9.88. The summed E-state index contributed by atoms with van der Waals surface area (Å²) in [5.41, 5.74) is 1.89. The maximum Gasteiger partial charge on any atom is 0.224 e. The number of benzene rings is 1. The second kappa shape index (κ2) is 10.2. The normalized spacial score (nSPS) is 17.1. The van der Waals surface area contributed by atoms with Gasteiger partial charge in [0.2, 0.25) is 5.91 Å². The van der Waals surface area contributed by atoms with Crippen LogP contribution >= 0.6 is 22.9 Å². The van der Waals surface area contributed by atoms with Gasteiger partial charge < -0.3 is 10.1 Å². The molecular formula is C22H27ClN2O3S. The molecule has 1 fully saturated rings. The molecule has 1 N–H and O–H groups in total. The Morgan fingerprint density at radius 2 is 2.17 bits per heavy atom. The third kappa shape index (κ3) is 6.29. The number of hydrogen-bond acceptors (Lipinski definition) is 5. The van der Waals surface area contributed by atoms with Crippen LogP contribution in [-0.4, -0.2) is 36.8 Å². The van der Waals surface area contributed by atoms with Crippen LogP contribution < -0.4 is 10.1 Å². The SMILES string of the molecule is COc1ccc(NC(=O)CC[C@H]2CCCN(Cc3csc(C(C)=O)c3)C2)cc1Cl. The summed E-state index contributed by atoms with van der Waals surface area (Å²) in [5.74, 6) is 1.24. The molecular weight excluding hydrogens is 408 g/mol. The smallest absolute Gasteiger partial charge is 0.224 e. The highest BCUT2D eigenvalue weighted by molar-refractivity contribution is 7.12. The summed E-state index contributed by atoms with van der Waals surface area (Å²) < 4.78 is 5.13. The van der Waals surface area contributed by atoms with Crippen LogP contribution in [-0.2, 0) is 11.3 Å². The van der Waals surface area contributed by atoms with Gasteiger partial charge in [-0.05, 0) is 73.9 Å². The quantitative estimate of drug-likeness (QED) is 0.577. The first-order chi connectivity index (χ1) is 13.9. The summed E-state index contributed by atoms with van der Waals surface area (Å²) in [6, 6.07) is 7.25. The van der Waals surface area contributed by atoms with Crippen LogP contribution in [0.4, 0.5) is 5.69 Å². The van der Waals surface area contributed by atoms with Crippen molar-refractivity contribution in [3.63, 3.8) is 0 Å². The van der Waals surface area contributed by atoms with E-state index in [4.69, 9.17) is 16.3 Å². The van der Waals surface area contributed by atoms with Gasteiger partial charge in [0.05, 0.1) is 17.0 Å². The number of Topliss-reactive ketones (excluding diaryl/α,β-unsaturated/α-hetero) is 1. The minimum Gasteiger partial charge on any atom is -0.495 e. The molecule has 29 heavy (non-hydrogen) atoms. The van der Waals surface area contributed by atoms with Gasteiger partial charge in [0.15, 0.2) is 5.78 Å². The zero-order chi connectivity index (χ0) is 20.8. The Hall–Kier alpha value is -1.89. The van der Waals surface area contributed by atoms with Crippen molar-refractivity contribution in [2.24, 2.45) is 5.92 Å². The topological polar surface area (TPSA) is 58.6 Å². The number of hydrogen-bond donors (Lipinski definition) is 1. The molecule has 0 unspecified atom stereocenters. The minimum atomic E-state index is 0.00675. The van der Waals surface area contributed by atoms with E-state index in [9.17, 15) is 9.59 Å². The van der Waals surface area contributed by atoms with Gasteiger partial charge in [0.25, 0.3) is 0 Å². The summed E-state index contributed by atoms with van der Waals surface area (Å²) in [5, 5.41) is 5.47. The average molecular weight is 435 g/mol. The molecule has 2 heterocycles. The number of ether oxygens (including phenoxy) is 1. The Labute approximate surface area is 181 Å². The van der Waals surface area contributed by atoms with Crippen molar-refractivity contribution in [2.45, 2.75) is 39.2 Å². The number of thiophene rings is 1. The second-order valence-corrected chi connectivity index (χ2v) is 8.87. The van der Waals surface area contributed by atoms with Gasteiger partial charge in [-0.2, -0.15) is 0 Å². The van der Waals surface area contributed by atoms with Crippen LogP contribution in [0.1, 0.15) is 47.8 Å². The zero-order valence-electron chi connectivity index (χ0n) is 16.9. The Balaban J connectivity index is 1.45. The number of carbonyl (C=O) groups excluding carboxylic acids is 2. The molecule has 1 aliphatic rings. The van der Waals surface area contributed by atoms with Crippen molar-refractivity contribution in [3.8, 4) is 5.75 Å². The standard InChI is InChI=1S/C22H27ClN2O3S/c1-15(26)21-10-17(14-29-21)13-25-9-3-4-16(12-25)5-8-22(27)24-18-6-7-20(28-2)19(23)11-18/h6-7,10-11,14,16H,3-5,8-9,12-13H2,1-2H3,(H,24,27)/t16-/m1/s1. The van der Waals surface area contributed by atoms with Crippen molar-refractivity contribution in [1.82, 2.24) is 4.90 Å². The fourth-order valence-electron chi connectivity index (χ4n) is 3.73. The maximum absolute atomic E-state index is 12.3. The van der Waals surface area contributed by atoms with Gasteiger partial charge in [-0.3, -0.25) is 14.5 Å². The number of nitrogens with one attached hydrogen (secondary N) is 1. The lowest BCUT2D eigenvalue weighted by Crippen LogP contribution is -2.35. The summed E-state index contributed by atoms with van der Waals surface area (Å²) in [6.07, 6.45) is 3.66. The van der Waals surface area contributed by atoms with Crippen molar-refractivity contribution in [3.05, 3.63) is 45.1 Å².